The van der Waals surface area contributed by atoms with Gasteiger partial charge >= 0.3 is 5.97 Å². The molecule has 0 aliphatic carbocycles. The van der Waals surface area contributed by atoms with E-state index in [2.05, 4.69) is 13.8 Å². The summed E-state index contributed by atoms with van der Waals surface area (Å²) in [6, 6.07) is 1.83. The molecule has 122 valence electrons. The van der Waals surface area contributed by atoms with Crippen LogP contribution in [0.5, 0.6) is 11.5 Å². The van der Waals surface area contributed by atoms with Crippen LogP contribution in [0, 0.1) is 5.41 Å². The number of aliphatic carboxylic acids is 1. The zero-order valence-electron chi connectivity index (χ0n) is 13.5. The minimum Gasteiger partial charge on any atom is -0.489 e. The number of hydrogen-bond donors (Lipinski definition) is 1. The molecule has 1 aliphatic rings. The second kappa shape index (κ2) is 6.37. The van der Waals surface area contributed by atoms with Crippen LogP contribution in [0.1, 0.15) is 51.2 Å². The van der Waals surface area contributed by atoms with E-state index in [1.165, 1.54) is 0 Å². The SMILES string of the molecule is CC(C)c1c(CC(C)(C)C(=O)O)cc(Cl)c2c1OCCCO2. The molecule has 0 saturated heterocycles. The highest BCUT2D eigenvalue weighted by molar-refractivity contribution is 6.32. The van der Waals surface area contributed by atoms with E-state index in [1.807, 2.05) is 6.07 Å². The van der Waals surface area contributed by atoms with Crippen LogP contribution >= 0.6 is 11.6 Å². The lowest BCUT2D eigenvalue weighted by Crippen LogP contribution is -2.27. The van der Waals surface area contributed by atoms with Crippen molar-refractivity contribution in [2.24, 2.45) is 5.41 Å². The number of carboxylic acids is 1. The first kappa shape index (κ1) is 16.9. The molecule has 0 spiro atoms. The summed E-state index contributed by atoms with van der Waals surface area (Å²) in [7, 11) is 0. The van der Waals surface area contributed by atoms with Gasteiger partial charge in [-0.15, -0.1) is 0 Å². The molecule has 0 amide bonds. The molecule has 0 atom stereocenters. The maximum absolute atomic E-state index is 11.4. The summed E-state index contributed by atoms with van der Waals surface area (Å²) in [5.74, 6) is 0.619. The summed E-state index contributed by atoms with van der Waals surface area (Å²) in [5.41, 5.74) is 1.04. The predicted octanol–water partition coefficient (Wildman–Crippen LogP) is 4.28. The van der Waals surface area contributed by atoms with Crippen LogP contribution in [-0.4, -0.2) is 24.3 Å². The zero-order valence-corrected chi connectivity index (χ0v) is 14.3. The molecular weight excluding hydrogens is 304 g/mol. The summed E-state index contributed by atoms with van der Waals surface area (Å²) < 4.78 is 11.6. The number of hydrogen-bond acceptors (Lipinski definition) is 3. The van der Waals surface area contributed by atoms with Crippen molar-refractivity contribution in [2.45, 2.75) is 46.5 Å². The first-order valence-electron chi connectivity index (χ1n) is 7.58. The van der Waals surface area contributed by atoms with Gasteiger partial charge in [0.25, 0.3) is 0 Å². The van der Waals surface area contributed by atoms with Gasteiger partial charge in [-0.25, -0.2) is 0 Å². The summed E-state index contributed by atoms with van der Waals surface area (Å²) in [5, 5.41) is 9.88. The van der Waals surface area contributed by atoms with Crippen molar-refractivity contribution in [2.75, 3.05) is 13.2 Å². The largest absolute Gasteiger partial charge is 0.489 e. The quantitative estimate of drug-likeness (QED) is 0.897. The Morgan fingerprint density at radius 1 is 1.32 bits per heavy atom. The Balaban J connectivity index is 2.57. The van der Waals surface area contributed by atoms with Crippen molar-refractivity contribution in [3.8, 4) is 11.5 Å². The molecule has 2 rings (SSSR count). The van der Waals surface area contributed by atoms with Gasteiger partial charge in [-0.05, 0) is 37.8 Å². The van der Waals surface area contributed by atoms with Crippen LogP contribution < -0.4 is 9.47 Å². The Labute approximate surface area is 136 Å². The fourth-order valence-electron chi connectivity index (χ4n) is 2.69. The van der Waals surface area contributed by atoms with E-state index in [0.717, 1.165) is 17.5 Å². The molecule has 4 nitrogen and oxygen atoms in total. The number of rotatable bonds is 4. The van der Waals surface area contributed by atoms with Gasteiger partial charge in [0.05, 0.1) is 23.7 Å². The second-order valence-electron chi connectivity index (χ2n) is 6.66. The molecule has 1 aromatic rings. The normalized spacial score (nSPS) is 14.8. The number of benzene rings is 1. The Morgan fingerprint density at radius 2 is 1.91 bits per heavy atom. The Hall–Kier alpha value is -1.42. The lowest BCUT2D eigenvalue weighted by molar-refractivity contribution is -0.146. The van der Waals surface area contributed by atoms with E-state index in [4.69, 9.17) is 21.1 Å². The van der Waals surface area contributed by atoms with Gasteiger partial charge in [0.15, 0.2) is 11.5 Å². The molecule has 0 aromatic heterocycles. The van der Waals surface area contributed by atoms with Crippen LogP contribution in [-0.2, 0) is 11.2 Å². The molecule has 1 aromatic carbocycles. The van der Waals surface area contributed by atoms with Crippen LogP contribution in [0.2, 0.25) is 5.02 Å². The average molecular weight is 327 g/mol. The Kier molecular flexibility index (Phi) is 4.90. The van der Waals surface area contributed by atoms with E-state index in [-0.39, 0.29) is 5.92 Å². The summed E-state index contributed by atoms with van der Waals surface area (Å²) in [6.07, 6.45) is 1.20. The molecule has 1 heterocycles. The molecule has 0 radical (unpaired) electrons. The molecular formula is C17H23ClO4. The minimum absolute atomic E-state index is 0.187. The van der Waals surface area contributed by atoms with Crippen molar-refractivity contribution in [1.29, 1.82) is 0 Å². The fourth-order valence-corrected chi connectivity index (χ4v) is 2.96. The highest BCUT2D eigenvalue weighted by Gasteiger charge is 2.31. The number of fused-ring (bicyclic) bond motifs is 1. The number of carboxylic acid groups (broad SMARTS) is 1. The fraction of sp³-hybridized carbons (Fsp3) is 0.588. The van der Waals surface area contributed by atoms with Crippen LogP contribution in [0.3, 0.4) is 0 Å². The van der Waals surface area contributed by atoms with Gasteiger partial charge in [-0.1, -0.05) is 25.4 Å². The van der Waals surface area contributed by atoms with Gasteiger partial charge in [0, 0.05) is 12.0 Å². The van der Waals surface area contributed by atoms with Crippen molar-refractivity contribution >= 4 is 17.6 Å². The highest BCUT2D eigenvalue weighted by atomic mass is 35.5. The van der Waals surface area contributed by atoms with Crippen LogP contribution in [0.25, 0.3) is 0 Å². The van der Waals surface area contributed by atoms with Gasteiger partial charge in [0.1, 0.15) is 0 Å². The lowest BCUT2D eigenvalue weighted by Gasteiger charge is -2.25. The molecule has 0 bridgehead atoms. The van der Waals surface area contributed by atoms with Crippen LogP contribution in [0.4, 0.5) is 0 Å². The summed E-state index contributed by atoms with van der Waals surface area (Å²) in [4.78, 5) is 11.4. The van der Waals surface area contributed by atoms with Crippen molar-refractivity contribution in [3.63, 3.8) is 0 Å². The van der Waals surface area contributed by atoms with E-state index in [0.29, 0.717) is 36.2 Å². The predicted molar refractivity (Wildman–Crippen MR) is 86.3 cm³/mol. The molecule has 0 fully saturated rings. The van der Waals surface area contributed by atoms with E-state index < -0.39 is 11.4 Å². The van der Waals surface area contributed by atoms with Gasteiger partial charge < -0.3 is 14.6 Å². The number of ether oxygens (including phenoxy) is 2. The maximum Gasteiger partial charge on any atom is 0.309 e. The number of halogens is 1. The van der Waals surface area contributed by atoms with Crippen molar-refractivity contribution in [3.05, 3.63) is 22.2 Å². The molecule has 0 saturated carbocycles. The molecule has 22 heavy (non-hydrogen) atoms. The van der Waals surface area contributed by atoms with E-state index in [9.17, 15) is 9.90 Å². The molecule has 0 unspecified atom stereocenters. The second-order valence-corrected chi connectivity index (χ2v) is 7.07. The lowest BCUT2D eigenvalue weighted by atomic mass is 9.82. The molecule has 1 N–H and O–H groups in total. The van der Waals surface area contributed by atoms with Gasteiger partial charge in [0.2, 0.25) is 0 Å². The van der Waals surface area contributed by atoms with Crippen LogP contribution in [0.15, 0.2) is 6.07 Å². The zero-order chi connectivity index (χ0) is 16.5. The van der Waals surface area contributed by atoms with Crippen molar-refractivity contribution < 1.29 is 19.4 Å². The third-order valence-corrected chi connectivity index (χ3v) is 4.17. The summed E-state index contributed by atoms with van der Waals surface area (Å²) in [6.45, 7) is 8.72. The smallest absolute Gasteiger partial charge is 0.309 e. The van der Waals surface area contributed by atoms with E-state index in [1.54, 1.807) is 13.8 Å². The first-order valence-corrected chi connectivity index (χ1v) is 7.96. The molecule has 1 aliphatic heterocycles. The van der Waals surface area contributed by atoms with Gasteiger partial charge in [-0.2, -0.15) is 0 Å². The monoisotopic (exact) mass is 326 g/mol. The van der Waals surface area contributed by atoms with Gasteiger partial charge in [-0.3, -0.25) is 4.79 Å². The minimum atomic E-state index is -0.868. The third kappa shape index (κ3) is 3.32. The standard InChI is InChI=1S/C17H23ClO4/c1-10(2)13-11(9-17(3,4)16(19)20)8-12(18)14-15(13)22-7-5-6-21-14/h8,10H,5-7,9H2,1-4H3,(H,19,20). The van der Waals surface area contributed by atoms with Crippen molar-refractivity contribution in [1.82, 2.24) is 0 Å². The summed E-state index contributed by atoms with van der Waals surface area (Å²) >= 11 is 6.35. The number of carbonyl (C=O) groups is 1. The van der Waals surface area contributed by atoms with E-state index >= 15 is 0 Å². The average Bonchev–Trinajstić information content (AvgIpc) is 2.63. The maximum atomic E-state index is 11.4. The Morgan fingerprint density at radius 3 is 2.45 bits per heavy atom. The topological polar surface area (TPSA) is 55.8 Å². The Bertz CT molecular complexity index is 579. The third-order valence-electron chi connectivity index (χ3n) is 3.88. The molecule has 5 heteroatoms. The highest BCUT2D eigenvalue weighted by Crippen LogP contribution is 2.45. The first-order chi connectivity index (χ1) is 10.2.